The predicted octanol–water partition coefficient (Wildman–Crippen LogP) is 2.27. The molecule has 76 valence electrons. The molecule has 0 atom stereocenters. The average molecular weight is 213 g/mol. The van der Waals surface area contributed by atoms with Crippen LogP contribution in [-0.2, 0) is 0 Å². The van der Waals surface area contributed by atoms with Gasteiger partial charge in [0.25, 0.3) is 0 Å². The lowest BCUT2D eigenvalue weighted by molar-refractivity contribution is 1.56. The van der Waals surface area contributed by atoms with Crippen molar-refractivity contribution < 1.29 is 0 Å². The minimum absolute atomic E-state index is 0.0230. The van der Waals surface area contributed by atoms with Gasteiger partial charge >= 0.3 is 0 Å². The van der Waals surface area contributed by atoms with Crippen molar-refractivity contribution >= 4 is 26.1 Å². The summed E-state index contributed by atoms with van der Waals surface area (Å²) in [5, 5.41) is 4.88. The van der Waals surface area contributed by atoms with E-state index in [1.54, 1.807) is 0 Å². The fraction of sp³-hybridized carbons (Fsp3) is 0.0769. The molecule has 0 saturated heterocycles. The minimum atomic E-state index is -0.0230. The lowest BCUT2D eigenvalue weighted by Crippen LogP contribution is -2.09. The summed E-state index contributed by atoms with van der Waals surface area (Å²) in [6.07, 6.45) is 0. The van der Waals surface area contributed by atoms with E-state index in [2.05, 4.69) is 48.3 Å². The molecule has 0 fully saturated rings. The van der Waals surface area contributed by atoms with E-state index < -0.39 is 0 Å². The van der Waals surface area contributed by atoms with Crippen LogP contribution in [0.15, 0.2) is 54.6 Å². The van der Waals surface area contributed by atoms with Gasteiger partial charge in [0.15, 0.2) is 0 Å². The molecule has 1 N–H and O–H groups in total. The number of para-hydroxylation sites is 1. The molecule has 0 spiro atoms. The highest BCUT2D eigenvalue weighted by molar-refractivity contribution is 6.51. The van der Waals surface area contributed by atoms with Gasteiger partial charge in [0.2, 0.25) is 0 Å². The van der Waals surface area contributed by atoms with Crippen molar-refractivity contribution in [2.45, 2.75) is 6.55 Å². The SMILES string of the molecule is C[SiH2]c1ccc(Nc2ccccc2)cc1. The molecule has 2 rings (SSSR count). The Kier molecular flexibility index (Phi) is 3.20. The molecule has 1 nitrogen and oxygen atoms in total. The first-order chi connectivity index (χ1) is 7.38. The Bertz CT molecular complexity index is 408. The van der Waals surface area contributed by atoms with Gasteiger partial charge in [0.1, 0.15) is 0 Å². The summed E-state index contributed by atoms with van der Waals surface area (Å²) in [5.74, 6) is 0. The largest absolute Gasteiger partial charge is 0.356 e. The Labute approximate surface area is 93.0 Å². The zero-order valence-electron chi connectivity index (χ0n) is 8.90. The number of hydrogen-bond acceptors (Lipinski definition) is 1. The van der Waals surface area contributed by atoms with E-state index in [9.17, 15) is 0 Å². The summed E-state index contributed by atoms with van der Waals surface area (Å²) < 4.78 is 0. The van der Waals surface area contributed by atoms with Crippen molar-refractivity contribution in [2.75, 3.05) is 5.32 Å². The summed E-state index contributed by atoms with van der Waals surface area (Å²) in [5.41, 5.74) is 2.30. The monoisotopic (exact) mass is 213 g/mol. The normalized spacial score (nSPS) is 10.7. The molecule has 2 aromatic rings. The lowest BCUT2D eigenvalue weighted by Gasteiger charge is -2.06. The van der Waals surface area contributed by atoms with E-state index in [1.807, 2.05) is 18.2 Å². The Balaban J connectivity index is 2.11. The molecular formula is C13H15NSi. The van der Waals surface area contributed by atoms with Gasteiger partial charge in [-0.3, -0.25) is 0 Å². The standard InChI is InChI=1S/C13H15NSi/c1-15-13-9-7-12(8-10-13)14-11-5-3-2-4-6-11/h2-10,14H,15H2,1H3. The second-order valence-electron chi connectivity index (χ2n) is 3.54. The van der Waals surface area contributed by atoms with Crippen molar-refractivity contribution in [3.63, 3.8) is 0 Å². The van der Waals surface area contributed by atoms with Crippen LogP contribution in [-0.4, -0.2) is 9.52 Å². The molecule has 0 bridgehead atoms. The van der Waals surface area contributed by atoms with Crippen LogP contribution in [0.1, 0.15) is 0 Å². The molecule has 0 radical (unpaired) electrons. The van der Waals surface area contributed by atoms with Crippen LogP contribution in [0.4, 0.5) is 11.4 Å². The van der Waals surface area contributed by atoms with Gasteiger partial charge in [-0.05, 0) is 24.3 Å². The third-order valence-corrected chi connectivity index (χ3v) is 3.71. The summed E-state index contributed by atoms with van der Waals surface area (Å²) in [6.45, 7) is 2.31. The maximum atomic E-state index is 3.37. The number of hydrogen-bond donors (Lipinski definition) is 1. The van der Waals surface area contributed by atoms with E-state index in [0.717, 1.165) is 11.4 Å². The second-order valence-corrected chi connectivity index (χ2v) is 5.07. The summed E-state index contributed by atoms with van der Waals surface area (Å²) in [7, 11) is -0.0230. The molecule has 0 aliphatic rings. The maximum absolute atomic E-state index is 3.37. The summed E-state index contributed by atoms with van der Waals surface area (Å²) in [6, 6.07) is 19.0. The number of rotatable bonds is 3. The van der Waals surface area contributed by atoms with Crippen molar-refractivity contribution in [3.8, 4) is 0 Å². The zero-order chi connectivity index (χ0) is 10.5. The first kappa shape index (κ1) is 9.99. The molecular weight excluding hydrogens is 198 g/mol. The van der Waals surface area contributed by atoms with E-state index in [0.29, 0.717) is 0 Å². The Morgan fingerprint density at radius 2 is 1.40 bits per heavy atom. The molecule has 0 aliphatic heterocycles. The topological polar surface area (TPSA) is 12.0 Å². The van der Waals surface area contributed by atoms with Gasteiger partial charge in [-0.15, -0.1) is 0 Å². The second kappa shape index (κ2) is 4.80. The Morgan fingerprint density at radius 3 is 2.00 bits per heavy atom. The van der Waals surface area contributed by atoms with E-state index in [4.69, 9.17) is 0 Å². The molecule has 15 heavy (non-hydrogen) atoms. The first-order valence-corrected chi connectivity index (χ1v) is 7.41. The Morgan fingerprint density at radius 1 is 0.800 bits per heavy atom. The van der Waals surface area contributed by atoms with Gasteiger partial charge in [0.05, 0.1) is 9.52 Å². The molecule has 2 aromatic carbocycles. The van der Waals surface area contributed by atoms with Crippen LogP contribution in [0.2, 0.25) is 6.55 Å². The fourth-order valence-corrected chi connectivity index (χ4v) is 2.22. The predicted molar refractivity (Wildman–Crippen MR) is 70.2 cm³/mol. The molecule has 0 saturated carbocycles. The number of benzene rings is 2. The van der Waals surface area contributed by atoms with E-state index in [-0.39, 0.29) is 9.52 Å². The summed E-state index contributed by atoms with van der Waals surface area (Å²) in [4.78, 5) is 0. The molecule has 0 aliphatic carbocycles. The van der Waals surface area contributed by atoms with Gasteiger partial charge in [0, 0.05) is 11.4 Å². The van der Waals surface area contributed by atoms with E-state index >= 15 is 0 Å². The molecule has 0 unspecified atom stereocenters. The van der Waals surface area contributed by atoms with Gasteiger partial charge < -0.3 is 5.32 Å². The third kappa shape index (κ3) is 2.70. The summed E-state index contributed by atoms with van der Waals surface area (Å²) >= 11 is 0. The molecule has 2 heteroatoms. The Hall–Kier alpha value is -1.54. The highest BCUT2D eigenvalue weighted by atomic mass is 28.2. The number of nitrogens with one attached hydrogen (secondary N) is 1. The average Bonchev–Trinajstić information content (AvgIpc) is 2.31. The van der Waals surface area contributed by atoms with Crippen LogP contribution in [0.5, 0.6) is 0 Å². The highest BCUT2D eigenvalue weighted by Crippen LogP contribution is 2.14. The molecule has 0 amide bonds. The lowest BCUT2D eigenvalue weighted by atomic mass is 10.3. The zero-order valence-corrected chi connectivity index (χ0v) is 10.3. The quantitative estimate of drug-likeness (QED) is 0.771. The van der Waals surface area contributed by atoms with Crippen molar-refractivity contribution in [2.24, 2.45) is 0 Å². The third-order valence-electron chi connectivity index (χ3n) is 2.42. The van der Waals surface area contributed by atoms with Gasteiger partial charge in [-0.1, -0.05) is 42.1 Å². The highest BCUT2D eigenvalue weighted by Gasteiger charge is 1.93. The first-order valence-electron chi connectivity index (χ1n) is 5.29. The van der Waals surface area contributed by atoms with Crippen LogP contribution in [0.3, 0.4) is 0 Å². The van der Waals surface area contributed by atoms with Crippen molar-refractivity contribution in [3.05, 3.63) is 54.6 Å². The van der Waals surface area contributed by atoms with Gasteiger partial charge in [-0.2, -0.15) is 0 Å². The smallest absolute Gasteiger partial charge is 0.0517 e. The minimum Gasteiger partial charge on any atom is -0.356 e. The fourth-order valence-electron chi connectivity index (χ4n) is 1.51. The van der Waals surface area contributed by atoms with Crippen molar-refractivity contribution in [1.82, 2.24) is 0 Å². The van der Waals surface area contributed by atoms with Crippen LogP contribution >= 0.6 is 0 Å². The van der Waals surface area contributed by atoms with Crippen molar-refractivity contribution in [1.29, 1.82) is 0 Å². The number of anilines is 2. The van der Waals surface area contributed by atoms with Crippen LogP contribution in [0, 0.1) is 0 Å². The van der Waals surface area contributed by atoms with E-state index in [1.165, 1.54) is 5.19 Å². The molecule has 0 aromatic heterocycles. The van der Waals surface area contributed by atoms with Crippen LogP contribution < -0.4 is 10.5 Å². The van der Waals surface area contributed by atoms with Gasteiger partial charge in [-0.25, -0.2) is 0 Å². The maximum Gasteiger partial charge on any atom is 0.0517 e. The van der Waals surface area contributed by atoms with Crippen LogP contribution in [0.25, 0.3) is 0 Å². The molecule has 0 heterocycles.